The Morgan fingerprint density at radius 1 is 0.943 bits per heavy atom. The molecule has 2 heterocycles. The predicted octanol–water partition coefficient (Wildman–Crippen LogP) is 3.65. The van der Waals surface area contributed by atoms with Crippen LogP contribution >= 0.6 is 11.8 Å². The highest BCUT2D eigenvalue weighted by atomic mass is 32.2. The summed E-state index contributed by atoms with van der Waals surface area (Å²) < 4.78 is 12.8. The summed E-state index contributed by atoms with van der Waals surface area (Å²) in [5.74, 6) is 2.76. The third-order valence-electron chi connectivity index (χ3n) is 6.30. The van der Waals surface area contributed by atoms with Gasteiger partial charge in [0, 0.05) is 32.7 Å². The van der Waals surface area contributed by atoms with Crippen molar-refractivity contribution in [2.45, 2.75) is 32.5 Å². The van der Waals surface area contributed by atoms with Crippen molar-refractivity contribution in [1.29, 1.82) is 0 Å². The Morgan fingerprint density at radius 3 is 2.40 bits per heavy atom. The molecule has 1 aromatic heterocycles. The zero-order valence-electron chi connectivity index (χ0n) is 21.1. The Morgan fingerprint density at radius 2 is 1.69 bits per heavy atom. The first-order valence-electron chi connectivity index (χ1n) is 11.7. The maximum Gasteiger partial charge on any atom is 0.233 e. The first-order valence-corrected chi connectivity index (χ1v) is 12.7. The highest BCUT2D eigenvalue weighted by molar-refractivity contribution is 7.99. The summed E-state index contributed by atoms with van der Waals surface area (Å²) in [6.07, 6.45) is 0. The van der Waals surface area contributed by atoms with Gasteiger partial charge < -0.3 is 14.4 Å². The van der Waals surface area contributed by atoms with E-state index >= 15 is 0 Å². The lowest BCUT2D eigenvalue weighted by atomic mass is 10.1. The summed E-state index contributed by atoms with van der Waals surface area (Å²) in [7, 11) is 3.29. The molecule has 9 heteroatoms. The molecule has 0 N–H and O–H groups in total. The molecule has 1 aliphatic rings. The van der Waals surface area contributed by atoms with Crippen LogP contribution in [0.25, 0.3) is 5.69 Å². The molecular weight excluding hydrogens is 462 g/mol. The van der Waals surface area contributed by atoms with Gasteiger partial charge in [0.05, 0.1) is 25.7 Å². The van der Waals surface area contributed by atoms with Gasteiger partial charge in [-0.25, -0.2) is 0 Å². The van der Waals surface area contributed by atoms with Crippen LogP contribution in [-0.4, -0.2) is 76.6 Å². The summed E-state index contributed by atoms with van der Waals surface area (Å²) in [6.45, 7) is 10.0. The Labute approximate surface area is 211 Å². The number of hydrogen-bond donors (Lipinski definition) is 0. The molecule has 1 fully saturated rings. The summed E-state index contributed by atoms with van der Waals surface area (Å²) in [6, 6.07) is 12.3. The molecule has 0 radical (unpaired) electrons. The normalized spacial score (nSPS) is 14.3. The molecule has 8 nitrogen and oxygen atoms in total. The number of methoxy groups -OCH3 is 2. The maximum atomic E-state index is 13.0. The summed E-state index contributed by atoms with van der Waals surface area (Å²) in [4.78, 5) is 17.3. The molecule has 0 bridgehead atoms. The molecule has 2 aromatic carbocycles. The largest absolute Gasteiger partial charge is 0.493 e. The fourth-order valence-corrected chi connectivity index (χ4v) is 5.18. The van der Waals surface area contributed by atoms with Crippen LogP contribution in [0.2, 0.25) is 0 Å². The molecule has 0 unspecified atom stereocenters. The monoisotopic (exact) mass is 495 g/mol. The minimum Gasteiger partial charge on any atom is -0.493 e. The number of piperazine rings is 1. The second-order valence-corrected chi connectivity index (χ2v) is 9.73. The van der Waals surface area contributed by atoms with Crippen LogP contribution in [0, 0.1) is 20.8 Å². The van der Waals surface area contributed by atoms with Crippen molar-refractivity contribution in [1.82, 2.24) is 24.6 Å². The second kappa shape index (κ2) is 11.1. The van der Waals surface area contributed by atoms with Crippen LogP contribution in [0.1, 0.15) is 22.5 Å². The van der Waals surface area contributed by atoms with Crippen LogP contribution in [0.4, 0.5) is 0 Å². The molecule has 0 saturated carbocycles. The van der Waals surface area contributed by atoms with Gasteiger partial charge in [-0.2, -0.15) is 0 Å². The van der Waals surface area contributed by atoms with E-state index in [4.69, 9.17) is 9.47 Å². The number of aromatic nitrogens is 3. The van der Waals surface area contributed by atoms with E-state index in [1.165, 1.54) is 22.9 Å². The molecule has 1 aliphatic heterocycles. The van der Waals surface area contributed by atoms with E-state index in [-0.39, 0.29) is 5.91 Å². The number of nitrogens with zero attached hydrogens (tertiary/aromatic N) is 5. The number of rotatable bonds is 8. The lowest BCUT2D eigenvalue weighted by molar-refractivity contribution is -0.130. The van der Waals surface area contributed by atoms with Gasteiger partial charge in [-0.1, -0.05) is 30.0 Å². The number of hydrogen-bond acceptors (Lipinski definition) is 7. The Kier molecular flexibility index (Phi) is 7.97. The molecule has 1 saturated heterocycles. The first-order chi connectivity index (χ1) is 16.9. The summed E-state index contributed by atoms with van der Waals surface area (Å²) >= 11 is 1.45. The van der Waals surface area contributed by atoms with E-state index in [1.54, 1.807) is 14.2 Å². The van der Waals surface area contributed by atoms with E-state index in [2.05, 4.69) is 53.2 Å². The second-order valence-electron chi connectivity index (χ2n) is 8.79. The SMILES string of the molecule is COc1ccc(CN2CCN(C(=O)CSc3nnc(C)n3-c3cc(C)ccc3C)CC2)cc1OC. The number of thioether (sulfide) groups is 1. The lowest BCUT2D eigenvalue weighted by Gasteiger charge is -2.34. The molecule has 0 aliphatic carbocycles. The standard InChI is InChI=1S/C26H33N5O3S/c1-18-6-7-19(2)22(14-18)31-20(3)27-28-26(31)35-17-25(32)30-12-10-29(11-13-30)16-21-8-9-23(33-4)24(15-21)34-5/h6-9,14-15H,10-13,16-17H2,1-5H3. The van der Waals surface area contributed by atoms with Crippen molar-refractivity contribution in [3.63, 3.8) is 0 Å². The number of ether oxygens (including phenoxy) is 2. The smallest absolute Gasteiger partial charge is 0.233 e. The third kappa shape index (κ3) is 5.79. The minimum absolute atomic E-state index is 0.133. The summed E-state index contributed by atoms with van der Waals surface area (Å²) in [5, 5.41) is 9.36. The number of aryl methyl sites for hydroxylation is 3. The van der Waals surface area contributed by atoms with E-state index in [9.17, 15) is 4.79 Å². The zero-order valence-corrected chi connectivity index (χ0v) is 21.9. The summed E-state index contributed by atoms with van der Waals surface area (Å²) in [5.41, 5.74) is 4.55. The van der Waals surface area contributed by atoms with E-state index in [0.29, 0.717) is 5.75 Å². The zero-order chi connectivity index (χ0) is 24.9. The van der Waals surface area contributed by atoms with Gasteiger partial charge in [0.2, 0.25) is 5.91 Å². The van der Waals surface area contributed by atoms with E-state index in [0.717, 1.165) is 66.5 Å². The van der Waals surface area contributed by atoms with Gasteiger partial charge in [-0.15, -0.1) is 10.2 Å². The van der Waals surface area contributed by atoms with Crippen molar-refractivity contribution >= 4 is 17.7 Å². The predicted molar refractivity (Wildman–Crippen MR) is 138 cm³/mol. The van der Waals surface area contributed by atoms with Crippen molar-refractivity contribution < 1.29 is 14.3 Å². The van der Waals surface area contributed by atoms with E-state index in [1.807, 2.05) is 28.5 Å². The lowest BCUT2D eigenvalue weighted by Crippen LogP contribution is -2.48. The van der Waals surface area contributed by atoms with Crippen LogP contribution in [0.15, 0.2) is 41.6 Å². The third-order valence-corrected chi connectivity index (χ3v) is 7.22. The molecular formula is C26H33N5O3S. The van der Waals surface area contributed by atoms with Crippen molar-refractivity contribution in [2.75, 3.05) is 46.2 Å². The molecule has 1 amide bonds. The van der Waals surface area contributed by atoms with Crippen molar-refractivity contribution in [3.05, 3.63) is 58.9 Å². The van der Waals surface area contributed by atoms with Gasteiger partial charge in [0.25, 0.3) is 0 Å². The Hall–Kier alpha value is -3.04. The number of amides is 1. The van der Waals surface area contributed by atoms with Crippen LogP contribution in [0.5, 0.6) is 11.5 Å². The average molecular weight is 496 g/mol. The maximum absolute atomic E-state index is 13.0. The van der Waals surface area contributed by atoms with Gasteiger partial charge in [-0.3, -0.25) is 14.3 Å². The van der Waals surface area contributed by atoms with Gasteiger partial charge in [-0.05, 0) is 55.7 Å². The van der Waals surface area contributed by atoms with Gasteiger partial charge in [0.1, 0.15) is 5.82 Å². The van der Waals surface area contributed by atoms with Gasteiger partial charge >= 0.3 is 0 Å². The quantitative estimate of drug-likeness (QED) is 0.442. The van der Waals surface area contributed by atoms with Crippen molar-refractivity contribution in [2.24, 2.45) is 0 Å². The first kappa shape index (κ1) is 25.1. The number of benzene rings is 2. The molecule has 35 heavy (non-hydrogen) atoms. The number of carbonyl (C=O) groups is 1. The Balaban J connectivity index is 1.32. The average Bonchev–Trinajstić information content (AvgIpc) is 3.24. The minimum atomic E-state index is 0.133. The highest BCUT2D eigenvalue weighted by Crippen LogP contribution is 2.28. The molecule has 4 rings (SSSR count). The fourth-order valence-electron chi connectivity index (χ4n) is 4.28. The van der Waals surface area contributed by atoms with Gasteiger partial charge in [0.15, 0.2) is 16.7 Å². The topological polar surface area (TPSA) is 72.7 Å². The van der Waals surface area contributed by atoms with Crippen molar-refractivity contribution in [3.8, 4) is 17.2 Å². The fraction of sp³-hybridized carbons (Fsp3) is 0.423. The van der Waals surface area contributed by atoms with Crippen LogP contribution < -0.4 is 9.47 Å². The van der Waals surface area contributed by atoms with Crippen LogP contribution in [-0.2, 0) is 11.3 Å². The number of carbonyl (C=O) groups excluding carboxylic acids is 1. The molecule has 0 spiro atoms. The van der Waals surface area contributed by atoms with E-state index < -0.39 is 0 Å². The molecule has 186 valence electrons. The molecule has 0 atom stereocenters. The molecule has 3 aromatic rings. The highest BCUT2D eigenvalue weighted by Gasteiger charge is 2.23. The van der Waals surface area contributed by atoms with Crippen LogP contribution in [0.3, 0.4) is 0 Å². The Bertz CT molecular complexity index is 1190.